The molecule has 1 aromatic carbocycles. The van der Waals surface area contributed by atoms with Crippen molar-refractivity contribution < 1.29 is 0 Å². The summed E-state index contributed by atoms with van der Waals surface area (Å²) < 4.78 is 1.24. The van der Waals surface area contributed by atoms with Crippen LogP contribution in [0.25, 0.3) is 0 Å². The van der Waals surface area contributed by atoms with Gasteiger partial charge in [0, 0.05) is 8.45 Å². The third-order valence-electron chi connectivity index (χ3n) is 2.46. The Balaban J connectivity index is 2.32. The van der Waals surface area contributed by atoms with E-state index in [0.29, 0.717) is 0 Å². The Hall–Kier alpha value is -0.390. The van der Waals surface area contributed by atoms with Crippen LogP contribution in [0.1, 0.15) is 22.0 Å². The first-order chi connectivity index (χ1) is 7.18. The molecule has 0 aliphatic rings. The second-order valence-electron chi connectivity index (χ2n) is 3.46. The molecule has 78 valence electrons. The molecule has 0 saturated carbocycles. The third-order valence-corrected chi connectivity index (χ3v) is 4.04. The van der Waals surface area contributed by atoms with Crippen molar-refractivity contribution in [2.24, 2.45) is 5.73 Å². The Morgan fingerprint density at radius 3 is 2.40 bits per heavy atom. The first-order valence-electron chi connectivity index (χ1n) is 4.73. The van der Waals surface area contributed by atoms with Crippen molar-refractivity contribution >= 4 is 33.9 Å². The summed E-state index contributed by atoms with van der Waals surface area (Å²) in [6.07, 6.45) is 0. The molecule has 15 heavy (non-hydrogen) atoms. The van der Waals surface area contributed by atoms with Gasteiger partial charge in [-0.05, 0) is 64.2 Å². The van der Waals surface area contributed by atoms with E-state index in [1.807, 2.05) is 0 Å². The lowest BCUT2D eigenvalue weighted by Crippen LogP contribution is -2.11. The summed E-state index contributed by atoms with van der Waals surface area (Å²) in [7, 11) is 0. The Bertz CT molecular complexity index is 447. The standard InChI is InChI=1S/C12H12INS/c1-8-11(6-7-15-8)12(14)9-2-4-10(13)5-3-9/h2-7,12H,14H2,1H3. The van der Waals surface area contributed by atoms with Crippen LogP contribution in [0.3, 0.4) is 0 Å². The van der Waals surface area contributed by atoms with Crippen LogP contribution in [0.4, 0.5) is 0 Å². The number of hydrogen-bond donors (Lipinski definition) is 1. The van der Waals surface area contributed by atoms with Gasteiger partial charge in [0.2, 0.25) is 0 Å². The smallest absolute Gasteiger partial charge is 0.0562 e. The van der Waals surface area contributed by atoms with Gasteiger partial charge in [-0.3, -0.25) is 0 Å². The molecule has 0 aliphatic carbocycles. The minimum Gasteiger partial charge on any atom is -0.320 e. The SMILES string of the molecule is Cc1sccc1C(N)c1ccc(I)cc1. The van der Waals surface area contributed by atoms with Gasteiger partial charge in [0.05, 0.1) is 6.04 Å². The van der Waals surface area contributed by atoms with Crippen LogP contribution in [0.2, 0.25) is 0 Å². The second-order valence-corrected chi connectivity index (χ2v) is 5.83. The van der Waals surface area contributed by atoms with Gasteiger partial charge < -0.3 is 5.73 Å². The minimum absolute atomic E-state index is 0.00764. The molecule has 1 aromatic heterocycles. The molecule has 0 bridgehead atoms. The molecule has 0 radical (unpaired) electrons. The van der Waals surface area contributed by atoms with Gasteiger partial charge in [0.25, 0.3) is 0 Å². The number of aryl methyl sites for hydroxylation is 1. The summed E-state index contributed by atoms with van der Waals surface area (Å²) in [5.41, 5.74) is 8.63. The van der Waals surface area contributed by atoms with E-state index < -0.39 is 0 Å². The zero-order valence-corrected chi connectivity index (χ0v) is 11.4. The van der Waals surface area contributed by atoms with Crippen LogP contribution in [0, 0.1) is 10.5 Å². The predicted octanol–water partition coefficient (Wildman–Crippen LogP) is 3.71. The number of thiophene rings is 1. The highest BCUT2D eigenvalue weighted by Gasteiger charge is 2.11. The summed E-state index contributed by atoms with van der Waals surface area (Å²) in [5, 5.41) is 2.09. The van der Waals surface area contributed by atoms with Crippen LogP contribution in [0.5, 0.6) is 0 Å². The van der Waals surface area contributed by atoms with Crippen molar-refractivity contribution in [1.29, 1.82) is 0 Å². The molecule has 2 N–H and O–H groups in total. The molecule has 0 aliphatic heterocycles. The van der Waals surface area contributed by atoms with E-state index in [-0.39, 0.29) is 6.04 Å². The van der Waals surface area contributed by atoms with E-state index in [2.05, 4.69) is 65.2 Å². The zero-order chi connectivity index (χ0) is 10.8. The maximum absolute atomic E-state index is 6.22. The largest absolute Gasteiger partial charge is 0.320 e. The molecule has 1 heterocycles. The average molecular weight is 329 g/mol. The maximum Gasteiger partial charge on any atom is 0.0562 e. The highest BCUT2D eigenvalue weighted by molar-refractivity contribution is 14.1. The molecular weight excluding hydrogens is 317 g/mol. The van der Waals surface area contributed by atoms with Crippen LogP contribution in [-0.2, 0) is 0 Å². The van der Waals surface area contributed by atoms with Crippen LogP contribution >= 0.6 is 33.9 Å². The Labute approximate surface area is 107 Å². The van der Waals surface area contributed by atoms with Crippen molar-refractivity contribution in [3.05, 3.63) is 55.3 Å². The van der Waals surface area contributed by atoms with Crippen LogP contribution in [-0.4, -0.2) is 0 Å². The fraction of sp³-hybridized carbons (Fsp3) is 0.167. The first kappa shape index (κ1) is 11.1. The van der Waals surface area contributed by atoms with E-state index >= 15 is 0 Å². The normalized spacial score (nSPS) is 12.7. The first-order valence-corrected chi connectivity index (χ1v) is 6.69. The molecule has 1 unspecified atom stereocenters. The van der Waals surface area contributed by atoms with Gasteiger partial charge >= 0.3 is 0 Å². The van der Waals surface area contributed by atoms with Crippen molar-refractivity contribution in [2.75, 3.05) is 0 Å². The predicted molar refractivity (Wildman–Crippen MR) is 74.2 cm³/mol. The monoisotopic (exact) mass is 329 g/mol. The lowest BCUT2D eigenvalue weighted by Gasteiger charge is -2.11. The lowest BCUT2D eigenvalue weighted by molar-refractivity contribution is 0.869. The Morgan fingerprint density at radius 2 is 1.87 bits per heavy atom. The van der Waals surface area contributed by atoms with Crippen molar-refractivity contribution in [2.45, 2.75) is 13.0 Å². The number of nitrogens with two attached hydrogens (primary N) is 1. The van der Waals surface area contributed by atoms with Crippen molar-refractivity contribution in [3.63, 3.8) is 0 Å². The molecule has 1 atom stereocenters. The van der Waals surface area contributed by atoms with Crippen LogP contribution < -0.4 is 5.73 Å². The quantitative estimate of drug-likeness (QED) is 0.835. The van der Waals surface area contributed by atoms with Crippen molar-refractivity contribution in [3.8, 4) is 0 Å². The Morgan fingerprint density at radius 1 is 1.20 bits per heavy atom. The van der Waals surface area contributed by atoms with E-state index in [1.165, 1.54) is 19.6 Å². The highest BCUT2D eigenvalue weighted by Crippen LogP contribution is 2.26. The number of halogens is 1. The summed E-state index contributed by atoms with van der Waals surface area (Å²) in [5.74, 6) is 0. The minimum atomic E-state index is 0.00764. The number of hydrogen-bond acceptors (Lipinski definition) is 2. The molecule has 2 aromatic rings. The molecule has 2 rings (SSSR count). The van der Waals surface area contributed by atoms with Gasteiger partial charge in [0.15, 0.2) is 0 Å². The van der Waals surface area contributed by atoms with Crippen LogP contribution in [0.15, 0.2) is 35.7 Å². The molecule has 0 amide bonds. The Kier molecular flexibility index (Phi) is 3.43. The topological polar surface area (TPSA) is 26.0 Å². The second kappa shape index (κ2) is 4.63. The van der Waals surface area contributed by atoms with E-state index in [9.17, 15) is 0 Å². The molecule has 0 spiro atoms. The molecule has 1 nitrogen and oxygen atoms in total. The fourth-order valence-corrected chi connectivity index (χ4v) is 2.68. The summed E-state index contributed by atoms with van der Waals surface area (Å²) in [4.78, 5) is 1.31. The zero-order valence-electron chi connectivity index (χ0n) is 8.41. The number of rotatable bonds is 2. The van der Waals surface area contributed by atoms with Gasteiger partial charge in [-0.25, -0.2) is 0 Å². The van der Waals surface area contributed by atoms with Gasteiger partial charge in [-0.15, -0.1) is 11.3 Å². The summed E-state index contributed by atoms with van der Waals surface area (Å²) in [6.45, 7) is 2.12. The fourth-order valence-electron chi connectivity index (χ4n) is 1.57. The lowest BCUT2D eigenvalue weighted by atomic mass is 10.0. The summed E-state index contributed by atoms with van der Waals surface area (Å²) >= 11 is 4.05. The van der Waals surface area contributed by atoms with Crippen molar-refractivity contribution in [1.82, 2.24) is 0 Å². The van der Waals surface area contributed by atoms with E-state index in [0.717, 1.165) is 0 Å². The maximum atomic E-state index is 6.22. The molecule has 0 saturated heterocycles. The van der Waals surface area contributed by atoms with Gasteiger partial charge in [-0.2, -0.15) is 0 Å². The average Bonchev–Trinajstić information content (AvgIpc) is 2.65. The molecule has 3 heteroatoms. The molecule has 0 fully saturated rings. The third kappa shape index (κ3) is 2.41. The molecular formula is C12H12INS. The highest BCUT2D eigenvalue weighted by atomic mass is 127. The van der Waals surface area contributed by atoms with Gasteiger partial charge in [0.1, 0.15) is 0 Å². The van der Waals surface area contributed by atoms with E-state index in [4.69, 9.17) is 5.73 Å². The van der Waals surface area contributed by atoms with E-state index in [1.54, 1.807) is 11.3 Å². The number of benzene rings is 1. The summed E-state index contributed by atoms with van der Waals surface area (Å²) in [6, 6.07) is 10.5. The van der Waals surface area contributed by atoms with Gasteiger partial charge in [-0.1, -0.05) is 12.1 Å².